The van der Waals surface area contributed by atoms with E-state index in [1.165, 1.54) is 19.3 Å². The van der Waals surface area contributed by atoms with E-state index < -0.39 is 0 Å². The van der Waals surface area contributed by atoms with E-state index in [-0.39, 0.29) is 30.0 Å². The molecule has 2 heterocycles. The fourth-order valence-corrected chi connectivity index (χ4v) is 3.00. The third kappa shape index (κ3) is 7.47. The standard InChI is InChI=1S/C17H32N6O.HI/c1-4-18-17(20-14(2)13-24-3)19-11-8-10-16-22-21-15-9-6-5-7-12-23(15)16;/h14H,4-13H2,1-3H3,(H2,18,19,20);1H. The van der Waals surface area contributed by atoms with E-state index in [4.69, 9.17) is 4.74 Å². The highest BCUT2D eigenvalue weighted by Gasteiger charge is 2.14. The largest absolute Gasteiger partial charge is 0.383 e. The lowest BCUT2D eigenvalue weighted by atomic mass is 10.2. The van der Waals surface area contributed by atoms with Crippen molar-refractivity contribution in [3.8, 4) is 0 Å². The summed E-state index contributed by atoms with van der Waals surface area (Å²) in [6.45, 7) is 7.52. The van der Waals surface area contributed by atoms with Gasteiger partial charge in [0.05, 0.1) is 6.61 Å². The van der Waals surface area contributed by atoms with E-state index in [0.29, 0.717) is 6.61 Å². The van der Waals surface area contributed by atoms with Crippen molar-refractivity contribution in [3.05, 3.63) is 11.6 Å². The zero-order valence-corrected chi connectivity index (χ0v) is 18.1. The minimum atomic E-state index is 0. The number of hydrogen-bond donors (Lipinski definition) is 2. The number of aryl methyl sites for hydroxylation is 2. The summed E-state index contributed by atoms with van der Waals surface area (Å²) >= 11 is 0. The van der Waals surface area contributed by atoms with Crippen molar-refractivity contribution in [2.24, 2.45) is 4.99 Å². The van der Waals surface area contributed by atoms with Gasteiger partial charge in [0.15, 0.2) is 5.96 Å². The summed E-state index contributed by atoms with van der Waals surface area (Å²) in [4.78, 5) is 4.65. The van der Waals surface area contributed by atoms with Gasteiger partial charge in [0.25, 0.3) is 0 Å². The smallest absolute Gasteiger partial charge is 0.191 e. The van der Waals surface area contributed by atoms with Crippen LogP contribution in [0.15, 0.2) is 4.99 Å². The summed E-state index contributed by atoms with van der Waals surface area (Å²) in [5.41, 5.74) is 0. The molecule has 25 heavy (non-hydrogen) atoms. The number of fused-ring (bicyclic) bond motifs is 1. The molecule has 0 saturated carbocycles. The second kappa shape index (κ2) is 12.5. The normalized spacial score (nSPS) is 15.7. The summed E-state index contributed by atoms with van der Waals surface area (Å²) < 4.78 is 7.48. The highest BCUT2D eigenvalue weighted by Crippen LogP contribution is 2.15. The molecule has 2 N–H and O–H groups in total. The first kappa shape index (κ1) is 22.1. The molecule has 7 nitrogen and oxygen atoms in total. The van der Waals surface area contributed by atoms with E-state index >= 15 is 0 Å². The number of aromatic nitrogens is 3. The average Bonchev–Trinajstić information content (AvgIpc) is 2.79. The molecule has 144 valence electrons. The third-order valence-electron chi connectivity index (χ3n) is 4.16. The summed E-state index contributed by atoms with van der Waals surface area (Å²) in [5.74, 6) is 3.13. The van der Waals surface area contributed by atoms with Crippen LogP contribution < -0.4 is 10.6 Å². The molecule has 8 heteroatoms. The lowest BCUT2D eigenvalue weighted by molar-refractivity contribution is 0.179. The molecule has 0 aromatic carbocycles. The van der Waals surface area contributed by atoms with Crippen molar-refractivity contribution < 1.29 is 4.74 Å². The Hall–Kier alpha value is -0.900. The monoisotopic (exact) mass is 464 g/mol. The van der Waals surface area contributed by atoms with Gasteiger partial charge in [0.2, 0.25) is 0 Å². The maximum absolute atomic E-state index is 5.16. The minimum absolute atomic E-state index is 0. The molecular weight excluding hydrogens is 431 g/mol. The molecule has 1 aliphatic rings. The Bertz CT molecular complexity index is 519. The van der Waals surface area contributed by atoms with Gasteiger partial charge in [0.1, 0.15) is 11.6 Å². The Morgan fingerprint density at radius 3 is 2.92 bits per heavy atom. The van der Waals surface area contributed by atoms with Gasteiger partial charge in [-0.3, -0.25) is 4.99 Å². The van der Waals surface area contributed by atoms with Gasteiger partial charge in [-0.25, -0.2) is 0 Å². The maximum atomic E-state index is 5.16. The molecule has 0 fully saturated rings. The molecule has 0 bridgehead atoms. The molecule has 1 aliphatic heterocycles. The van der Waals surface area contributed by atoms with Gasteiger partial charge in [-0.15, -0.1) is 34.2 Å². The maximum Gasteiger partial charge on any atom is 0.191 e. The van der Waals surface area contributed by atoms with E-state index in [2.05, 4.69) is 44.2 Å². The van der Waals surface area contributed by atoms with Gasteiger partial charge in [-0.2, -0.15) is 0 Å². The van der Waals surface area contributed by atoms with Gasteiger partial charge >= 0.3 is 0 Å². The second-order valence-electron chi connectivity index (χ2n) is 6.36. The molecule has 2 rings (SSSR count). The molecule has 1 aromatic rings. The van der Waals surface area contributed by atoms with Crippen LogP contribution in [0.25, 0.3) is 0 Å². The number of ether oxygens (including phenoxy) is 1. The first-order valence-electron chi connectivity index (χ1n) is 9.19. The average molecular weight is 464 g/mol. The number of nitrogens with one attached hydrogen (secondary N) is 2. The number of aliphatic imine (C=N–C) groups is 1. The molecule has 0 spiro atoms. The number of rotatable bonds is 8. The third-order valence-corrected chi connectivity index (χ3v) is 4.16. The van der Waals surface area contributed by atoms with Crippen LogP contribution in [0, 0.1) is 0 Å². The van der Waals surface area contributed by atoms with E-state index in [0.717, 1.165) is 56.5 Å². The van der Waals surface area contributed by atoms with Crippen LogP contribution in [0.1, 0.15) is 51.2 Å². The summed E-state index contributed by atoms with van der Waals surface area (Å²) in [6.07, 6.45) is 6.75. The van der Waals surface area contributed by atoms with Crippen molar-refractivity contribution in [1.29, 1.82) is 0 Å². The van der Waals surface area contributed by atoms with Crippen molar-refractivity contribution >= 4 is 29.9 Å². The fraction of sp³-hybridized carbons (Fsp3) is 0.824. The van der Waals surface area contributed by atoms with Crippen molar-refractivity contribution in [2.75, 3.05) is 26.8 Å². The zero-order valence-electron chi connectivity index (χ0n) is 15.8. The first-order chi connectivity index (χ1) is 11.7. The first-order valence-corrected chi connectivity index (χ1v) is 9.19. The molecule has 1 aromatic heterocycles. The van der Waals surface area contributed by atoms with Crippen LogP contribution in [0.2, 0.25) is 0 Å². The minimum Gasteiger partial charge on any atom is -0.383 e. The van der Waals surface area contributed by atoms with Crippen LogP contribution in [0.5, 0.6) is 0 Å². The fourth-order valence-electron chi connectivity index (χ4n) is 3.00. The van der Waals surface area contributed by atoms with E-state index in [1.807, 2.05) is 0 Å². The summed E-state index contributed by atoms with van der Waals surface area (Å²) in [7, 11) is 1.71. The van der Waals surface area contributed by atoms with Crippen LogP contribution >= 0.6 is 24.0 Å². The topological polar surface area (TPSA) is 76.4 Å². The van der Waals surface area contributed by atoms with Crippen LogP contribution in [0.4, 0.5) is 0 Å². The Morgan fingerprint density at radius 1 is 1.32 bits per heavy atom. The van der Waals surface area contributed by atoms with Crippen LogP contribution in [-0.4, -0.2) is 53.6 Å². The number of methoxy groups -OCH3 is 1. The summed E-state index contributed by atoms with van der Waals surface area (Å²) in [5, 5.41) is 15.4. The molecule has 1 atom stereocenters. The van der Waals surface area contributed by atoms with Gasteiger partial charge in [0, 0.05) is 45.6 Å². The predicted octanol–water partition coefficient (Wildman–Crippen LogP) is 2.15. The van der Waals surface area contributed by atoms with Gasteiger partial charge in [-0.05, 0) is 33.1 Å². The highest BCUT2D eigenvalue weighted by molar-refractivity contribution is 14.0. The predicted molar refractivity (Wildman–Crippen MR) is 112 cm³/mol. The lowest BCUT2D eigenvalue weighted by Gasteiger charge is -2.16. The Morgan fingerprint density at radius 2 is 2.16 bits per heavy atom. The number of hydrogen-bond acceptors (Lipinski definition) is 4. The van der Waals surface area contributed by atoms with Gasteiger partial charge < -0.3 is 19.9 Å². The summed E-state index contributed by atoms with van der Waals surface area (Å²) in [6, 6.07) is 0.236. The second-order valence-corrected chi connectivity index (χ2v) is 6.36. The van der Waals surface area contributed by atoms with Crippen molar-refractivity contribution in [2.45, 2.75) is 65.0 Å². The Kier molecular flexibility index (Phi) is 11.0. The SMILES string of the molecule is CCNC(=NCCCc1nnc2n1CCCCC2)NC(C)COC.I. The Labute approximate surface area is 168 Å². The molecular formula is C17H33IN6O. The number of guanidine groups is 1. The van der Waals surface area contributed by atoms with Crippen molar-refractivity contribution in [3.63, 3.8) is 0 Å². The number of halogens is 1. The Balaban J connectivity index is 0.00000312. The molecule has 1 unspecified atom stereocenters. The quantitative estimate of drug-likeness (QED) is 0.267. The highest BCUT2D eigenvalue weighted by atomic mass is 127. The molecule has 0 radical (unpaired) electrons. The molecule has 0 aliphatic carbocycles. The van der Waals surface area contributed by atoms with Crippen LogP contribution in [-0.2, 0) is 24.1 Å². The van der Waals surface area contributed by atoms with E-state index in [9.17, 15) is 0 Å². The van der Waals surface area contributed by atoms with Crippen molar-refractivity contribution in [1.82, 2.24) is 25.4 Å². The van der Waals surface area contributed by atoms with E-state index in [1.54, 1.807) is 7.11 Å². The number of nitrogens with zero attached hydrogens (tertiary/aromatic N) is 4. The van der Waals surface area contributed by atoms with Gasteiger partial charge in [-0.1, -0.05) is 6.42 Å². The van der Waals surface area contributed by atoms with Crippen LogP contribution in [0.3, 0.4) is 0 Å². The molecule has 0 amide bonds. The molecule has 0 saturated heterocycles. The zero-order chi connectivity index (χ0) is 17.2. The lowest BCUT2D eigenvalue weighted by Crippen LogP contribution is -2.44.